The Labute approximate surface area is 79.0 Å². The summed E-state index contributed by atoms with van der Waals surface area (Å²) in [5.41, 5.74) is 0. The van der Waals surface area contributed by atoms with Gasteiger partial charge in [-0.05, 0) is 6.42 Å². The van der Waals surface area contributed by atoms with Crippen LogP contribution in [-0.2, 0) is 11.1 Å². The summed E-state index contributed by atoms with van der Waals surface area (Å²) in [5, 5.41) is 7.93. The van der Waals surface area contributed by atoms with Gasteiger partial charge in [0, 0.05) is 12.2 Å². The SMILES string of the molecule is N#CCCCS(=O)[O-].[Na+]. The average Bonchev–Trinajstić information content (AvgIpc) is 1.66. The zero-order valence-electron chi connectivity index (χ0n) is 5.29. The molecule has 0 fully saturated rings. The van der Waals surface area contributed by atoms with E-state index in [0.717, 1.165) is 0 Å². The maximum absolute atomic E-state index is 9.76. The molecule has 0 amide bonds. The topological polar surface area (TPSA) is 63.9 Å². The van der Waals surface area contributed by atoms with Crippen molar-refractivity contribution in [1.29, 1.82) is 5.26 Å². The van der Waals surface area contributed by atoms with E-state index in [0.29, 0.717) is 12.8 Å². The van der Waals surface area contributed by atoms with Gasteiger partial charge in [0.2, 0.25) is 0 Å². The molecule has 0 saturated heterocycles. The summed E-state index contributed by atoms with van der Waals surface area (Å²) in [4.78, 5) is 0. The molecule has 1 atom stereocenters. The van der Waals surface area contributed by atoms with Gasteiger partial charge in [-0.15, -0.1) is 0 Å². The minimum Gasteiger partial charge on any atom is -0.772 e. The summed E-state index contributed by atoms with van der Waals surface area (Å²) in [7, 11) is 0. The Bertz CT molecular complexity index is 122. The van der Waals surface area contributed by atoms with Crippen molar-refractivity contribution in [3.63, 3.8) is 0 Å². The second-order valence-electron chi connectivity index (χ2n) is 1.27. The molecule has 0 aromatic heterocycles. The van der Waals surface area contributed by atoms with Crippen LogP contribution >= 0.6 is 0 Å². The third-order valence-corrected chi connectivity index (χ3v) is 1.22. The Morgan fingerprint density at radius 1 is 1.67 bits per heavy atom. The van der Waals surface area contributed by atoms with Crippen LogP contribution in [0.25, 0.3) is 0 Å². The van der Waals surface area contributed by atoms with Crippen LogP contribution in [0.4, 0.5) is 0 Å². The van der Waals surface area contributed by atoms with E-state index in [2.05, 4.69) is 0 Å². The molecular weight excluding hydrogens is 149 g/mol. The Balaban J connectivity index is 0. The molecule has 46 valence electrons. The number of nitriles is 1. The fourth-order valence-electron chi connectivity index (χ4n) is 0.269. The van der Waals surface area contributed by atoms with Crippen LogP contribution in [0.15, 0.2) is 0 Å². The van der Waals surface area contributed by atoms with Crippen molar-refractivity contribution >= 4 is 11.1 Å². The van der Waals surface area contributed by atoms with Crippen LogP contribution in [0.3, 0.4) is 0 Å². The molecule has 3 nitrogen and oxygen atoms in total. The first-order chi connectivity index (χ1) is 3.77. The zero-order chi connectivity index (χ0) is 6.41. The maximum atomic E-state index is 9.76. The number of rotatable bonds is 3. The van der Waals surface area contributed by atoms with Crippen molar-refractivity contribution in [3.8, 4) is 6.07 Å². The maximum Gasteiger partial charge on any atom is 1.00 e. The second kappa shape index (κ2) is 8.60. The first-order valence-electron chi connectivity index (χ1n) is 2.20. The van der Waals surface area contributed by atoms with E-state index in [9.17, 15) is 8.76 Å². The number of nitrogens with zero attached hydrogens (tertiary/aromatic N) is 1. The van der Waals surface area contributed by atoms with Crippen molar-refractivity contribution in [2.45, 2.75) is 12.8 Å². The van der Waals surface area contributed by atoms with Crippen molar-refractivity contribution < 1.29 is 38.3 Å². The van der Waals surface area contributed by atoms with Gasteiger partial charge in [-0.2, -0.15) is 5.26 Å². The van der Waals surface area contributed by atoms with E-state index < -0.39 is 11.1 Å². The minimum atomic E-state index is -1.97. The molecule has 1 unspecified atom stereocenters. The van der Waals surface area contributed by atoms with Crippen LogP contribution in [0.5, 0.6) is 0 Å². The van der Waals surface area contributed by atoms with Gasteiger partial charge in [0.05, 0.1) is 6.07 Å². The van der Waals surface area contributed by atoms with Crippen LogP contribution in [0, 0.1) is 11.3 Å². The first kappa shape index (κ1) is 12.3. The Morgan fingerprint density at radius 2 is 2.22 bits per heavy atom. The summed E-state index contributed by atoms with van der Waals surface area (Å²) >= 11 is -1.97. The Hall–Kier alpha value is 0.600. The molecule has 0 rings (SSSR count). The minimum absolute atomic E-state index is 0. The van der Waals surface area contributed by atoms with E-state index in [4.69, 9.17) is 5.26 Å². The zero-order valence-corrected chi connectivity index (χ0v) is 8.11. The molecule has 0 aliphatic carbocycles. The number of hydrogen-bond donors (Lipinski definition) is 0. The molecule has 9 heavy (non-hydrogen) atoms. The molecule has 0 aromatic carbocycles. The van der Waals surface area contributed by atoms with Gasteiger partial charge in [-0.1, -0.05) is 11.1 Å². The number of hydrogen-bond acceptors (Lipinski definition) is 3. The van der Waals surface area contributed by atoms with Gasteiger partial charge in [0.25, 0.3) is 0 Å². The predicted octanol–water partition coefficient (Wildman–Crippen LogP) is -2.83. The first-order valence-corrected chi connectivity index (χ1v) is 3.44. The fourth-order valence-corrected chi connectivity index (χ4v) is 0.649. The van der Waals surface area contributed by atoms with Crippen LogP contribution < -0.4 is 29.6 Å². The summed E-state index contributed by atoms with van der Waals surface area (Å²) in [6.07, 6.45) is 0.778. The average molecular weight is 155 g/mol. The standard InChI is InChI=1S/C4H7NO2S.Na/c5-3-1-2-4-8(6)7;/h1-2,4H2,(H,6,7);/q;+1/p-1. The summed E-state index contributed by atoms with van der Waals surface area (Å²) in [5.74, 6) is 0.105. The van der Waals surface area contributed by atoms with E-state index in [-0.39, 0.29) is 35.3 Å². The summed E-state index contributed by atoms with van der Waals surface area (Å²) in [6.45, 7) is 0. The van der Waals surface area contributed by atoms with Crippen LogP contribution in [0.1, 0.15) is 12.8 Å². The van der Waals surface area contributed by atoms with Gasteiger partial charge < -0.3 is 4.55 Å². The second-order valence-corrected chi connectivity index (χ2v) is 2.29. The Morgan fingerprint density at radius 3 is 2.56 bits per heavy atom. The van der Waals surface area contributed by atoms with Gasteiger partial charge in [-0.25, -0.2) is 0 Å². The molecule has 0 saturated carbocycles. The van der Waals surface area contributed by atoms with Gasteiger partial charge in [0.1, 0.15) is 0 Å². The van der Waals surface area contributed by atoms with Gasteiger partial charge in [0.15, 0.2) is 0 Å². The van der Waals surface area contributed by atoms with Crippen molar-refractivity contribution in [1.82, 2.24) is 0 Å². The molecule has 0 radical (unpaired) electrons. The predicted molar refractivity (Wildman–Crippen MR) is 28.6 cm³/mol. The quantitative estimate of drug-likeness (QED) is 0.251. The van der Waals surface area contributed by atoms with Crippen molar-refractivity contribution in [3.05, 3.63) is 0 Å². The molecule has 0 aliphatic rings. The van der Waals surface area contributed by atoms with E-state index in [1.807, 2.05) is 6.07 Å². The van der Waals surface area contributed by atoms with Crippen molar-refractivity contribution in [2.24, 2.45) is 0 Å². The smallest absolute Gasteiger partial charge is 0.772 e. The molecule has 0 aliphatic heterocycles. The molecular formula is C4H6NNaO2S. The van der Waals surface area contributed by atoms with Gasteiger partial charge >= 0.3 is 29.6 Å². The van der Waals surface area contributed by atoms with Crippen molar-refractivity contribution in [2.75, 3.05) is 5.75 Å². The molecule has 5 heteroatoms. The fraction of sp³-hybridized carbons (Fsp3) is 0.750. The van der Waals surface area contributed by atoms with E-state index in [1.54, 1.807) is 0 Å². The summed E-state index contributed by atoms with van der Waals surface area (Å²) < 4.78 is 19.5. The third-order valence-electron chi connectivity index (χ3n) is 0.600. The molecule has 0 N–H and O–H groups in total. The van der Waals surface area contributed by atoms with Gasteiger partial charge in [-0.3, -0.25) is 4.21 Å². The Kier molecular flexibility index (Phi) is 11.7. The van der Waals surface area contributed by atoms with Crippen LogP contribution in [0.2, 0.25) is 0 Å². The molecule has 0 spiro atoms. The molecule has 0 aromatic rings. The number of unbranched alkanes of at least 4 members (excludes halogenated alkanes) is 1. The monoisotopic (exact) mass is 155 g/mol. The third kappa shape index (κ3) is 11.9. The van der Waals surface area contributed by atoms with Crippen LogP contribution in [-0.4, -0.2) is 14.5 Å². The molecule has 0 heterocycles. The van der Waals surface area contributed by atoms with E-state index >= 15 is 0 Å². The normalized spacial score (nSPS) is 11.1. The molecule has 0 bridgehead atoms. The summed E-state index contributed by atoms with van der Waals surface area (Å²) in [6, 6.07) is 1.85. The van der Waals surface area contributed by atoms with E-state index in [1.165, 1.54) is 0 Å². The largest absolute Gasteiger partial charge is 1.00 e.